The van der Waals surface area contributed by atoms with Gasteiger partial charge in [-0.05, 0) is 20.4 Å². The number of likely N-dealkylation sites (N-methyl/N-ethyl adjacent to an activating group) is 1. The summed E-state index contributed by atoms with van der Waals surface area (Å²) in [6.45, 7) is 8.63. The fourth-order valence-corrected chi connectivity index (χ4v) is 1.76. The second-order valence-corrected chi connectivity index (χ2v) is 4.01. The van der Waals surface area contributed by atoms with Gasteiger partial charge in [0.15, 0.2) is 0 Å². The lowest BCUT2D eigenvalue weighted by Crippen LogP contribution is -2.44. The van der Waals surface area contributed by atoms with Crippen molar-refractivity contribution in [1.29, 1.82) is 0 Å². The molecule has 4 heteroatoms. The Kier molecular flexibility index (Phi) is 6.92. The molecule has 4 nitrogen and oxygen atoms in total. The SMILES string of the molecule is CCOCCCN(C)CC1CNCCO1. The monoisotopic (exact) mass is 216 g/mol. The molecule has 1 unspecified atom stereocenters. The number of hydrogen-bond acceptors (Lipinski definition) is 4. The lowest BCUT2D eigenvalue weighted by molar-refractivity contribution is 0.00870. The van der Waals surface area contributed by atoms with Crippen LogP contribution in [0.2, 0.25) is 0 Å². The maximum atomic E-state index is 5.64. The van der Waals surface area contributed by atoms with E-state index in [0.29, 0.717) is 6.10 Å². The van der Waals surface area contributed by atoms with E-state index in [9.17, 15) is 0 Å². The molecule has 1 atom stereocenters. The van der Waals surface area contributed by atoms with Crippen LogP contribution in [0.3, 0.4) is 0 Å². The average Bonchev–Trinajstić information content (AvgIpc) is 2.26. The third kappa shape index (κ3) is 6.10. The van der Waals surface area contributed by atoms with Crippen molar-refractivity contribution >= 4 is 0 Å². The highest BCUT2D eigenvalue weighted by molar-refractivity contribution is 4.70. The van der Waals surface area contributed by atoms with Crippen LogP contribution in [0.5, 0.6) is 0 Å². The Morgan fingerprint density at radius 3 is 3.07 bits per heavy atom. The Morgan fingerprint density at radius 1 is 1.53 bits per heavy atom. The van der Waals surface area contributed by atoms with Crippen LogP contribution < -0.4 is 5.32 Å². The number of nitrogens with one attached hydrogen (secondary N) is 1. The molecule has 1 fully saturated rings. The number of nitrogens with zero attached hydrogens (tertiary/aromatic N) is 1. The fraction of sp³-hybridized carbons (Fsp3) is 1.00. The summed E-state index contributed by atoms with van der Waals surface area (Å²) in [5, 5.41) is 3.34. The first-order valence-corrected chi connectivity index (χ1v) is 5.91. The van der Waals surface area contributed by atoms with Gasteiger partial charge in [0.2, 0.25) is 0 Å². The van der Waals surface area contributed by atoms with Gasteiger partial charge in [0, 0.05) is 39.4 Å². The lowest BCUT2D eigenvalue weighted by atomic mass is 10.3. The molecule has 1 aliphatic rings. The van der Waals surface area contributed by atoms with Crippen molar-refractivity contribution in [3.05, 3.63) is 0 Å². The molecule has 0 bridgehead atoms. The van der Waals surface area contributed by atoms with Crippen molar-refractivity contribution < 1.29 is 9.47 Å². The molecule has 1 aliphatic heterocycles. The molecule has 0 aliphatic carbocycles. The van der Waals surface area contributed by atoms with E-state index in [1.165, 1.54) is 0 Å². The van der Waals surface area contributed by atoms with Gasteiger partial charge in [-0.25, -0.2) is 0 Å². The van der Waals surface area contributed by atoms with Gasteiger partial charge in [0.25, 0.3) is 0 Å². The minimum Gasteiger partial charge on any atom is -0.382 e. The second-order valence-electron chi connectivity index (χ2n) is 4.01. The van der Waals surface area contributed by atoms with Crippen LogP contribution >= 0.6 is 0 Å². The molecule has 0 aromatic carbocycles. The minimum atomic E-state index is 0.357. The zero-order valence-electron chi connectivity index (χ0n) is 10.00. The van der Waals surface area contributed by atoms with Crippen LogP contribution in [0.4, 0.5) is 0 Å². The highest BCUT2D eigenvalue weighted by atomic mass is 16.5. The fourth-order valence-electron chi connectivity index (χ4n) is 1.76. The summed E-state index contributed by atoms with van der Waals surface area (Å²) in [6, 6.07) is 0. The summed E-state index contributed by atoms with van der Waals surface area (Å²) in [5.74, 6) is 0. The summed E-state index contributed by atoms with van der Waals surface area (Å²) in [6.07, 6.45) is 1.46. The first kappa shape index (κ1) is 12.9. The molecule has 0 aromatic heterocycles. The third-order valence-corrected chi connectivity index (χ3v) is 2.55. The van der Waals surface area contributed by atoms with Crippen LogP contribution in [-0.2, 0) is 9.47 Å². The second kappa shape index (κ2) is 8.05. The van der Waals surface area contributed by atoms with E-state index in [0.717, 1.165) is 52.4 Å². The maximum absolute atomic E-state index is 5.64. The van der Waals surface area contributed by atoms with Gasteiger partial charge in [-0.3, -0.25) is 0 Å². The van der Waals surface area contributed by atoms with Crippen LogP contribution in [0.25, 0.3) is 0 Å². The van der Waals surface area contributed by atoms with Gasteiger partial charge in [-0.1, -0.05) is 0 Å². The molecule has 0 radical (unpaired) electrons. The van der Waals surface area contributed by atoms with E-state index in [-0.39, 0.29) is 0 Å². The standard InChI is InChI=1S/C11H24N2O2/c1-3-14-7-4-6-13(2)10-11-9-12-5-8-15-11/h11-12H,3-10H2,1-2H3. The molecule has 0 aromatic rings. The predicted molar refractivity (Wildman–Crippen MR) is 61.2 cm³/mol. The smallest absolute Gasteiger partial charge is 0.0826 e. The first-order valence-electron chi connectivity index (χ1n) is 5.91. The summed E-state index contributed by atoms with van der Waals surface area (Å²) in [5.41, 5.74) is 0. The Balaban J connectivity index is 1.98. The van der Waals surface area contributed by atoms with E-state index >= 15 is 0 Å². The molecule has 1 heterocycles. The topological polar surface area (TPSA) is 33.7 Å². The third-order valence-electron chi connectivity index (χ3n) is 2.55. The summed E-state index contributed by atoms with van der Waals surface area (Å²) in [7, 11) is 2.14. The summed E-state index contributed by atoms with van der Waals surface area (Å²) < 4.78 is 10.9. The summed E-state index contributed by atoms with van der Waals surface area (Å²) in [4.78, 5) is 2.32. The molecular weight excluding hydrogens is 192 g/mol. The van der Waals surface area contributed by atoms with E-state index in [1.807, 2.05) is 6.92 Å². The van der Waals surface area contributed by atoms with E-state index in [1.54, 1.807) is 0 Å². The van der Waals surface area contributed by atoms with E-state index < -0.39 is 0 Å². The molecule has 0 amide bonds. The zero-order chi connectivity index (χ0) is 10.9. The quantitative estimate of drug-likeness (QED) is 0.622. The van der Waals surface area contributed by atoms with Crippen LogP contribution in [0, 0.1) is 0 Å². The molecule has 0 saturated carbocycles. The van der Waals surface area contributed by atoms with E-state index in [4.69, 9.17) is 9.47 Å². The molecule has 0 spiro atoms. The molecular formula is C11H24N2O2. The van der Waals surface area contributed by atoms with Gasteiger partial charge in [0.1, 0.15) is 0 Å². The van der Waals surface area contributed by atoms with Crippen LogP contribution in [0.15, 0.2) is 0 Å². The van der Waals surface area contributed by atoms with Crippen LogP contribution in [-0.4, -0.2) is 64.1 Å². The van der Waals surface area contributed by atoms with Gasteiger partial charge >= 0.3 is 0 Å². The lowest BCUT2D eigenvalue weighted by Gasteiger charge is -2.27. The Hall–Kier alpha value is -0.160. The van der Waals surface area contributed by atoms with Crippen molar-refractivity contribution in [2.75, 3.05) is 53.0 Å². The van der Waals surface area contributed by atoms with Crippen molar-refractivity contribution in [1.82, 2.24) is 10.2 Å². The largest absolute Gasteiger partial charge is 0.382 e. The number of morpholine rings is 1. The Labute approximate surface area is 92.9 Å². The van der Waals surface area contributed by atoms with E-state index in [2.05, 4.69) is 17.3 Å². The van der Waals surface area contributed by atoms with Crippen molar-refractivity contribution in [2.45, 2.75) is 19.4 Å². The van der Waals surface area contributed by atoms with Crippen molar-refractivity contribution in [3.63, 3.8) is 0 Å². The number of rotatable bonds is 7. The normalized spacial score (nSPS) is 22.2. The van der Waals surface area contributed by atoms with Crippen molar-refractivity contribution in [3.8, 4) is 0 Å². The van der Waals surface area contributed by atoms with Gasteiger partial charge in [0.05, 0.1) is 12.7 Å². The Bertz CT molecular complexity index is 150. The Morgan fingerprint density at radius 2 is 2.40 bits per heavy atom. The van der Waals surface area contributed by atoms with Gasteiger partial charge in [-0.2, -0.15) is 0 Å². The molecule has 90 valence electrons. The van der Waals surface area contributed by atoms with Gasteiger partial charge < -0.3 is 19.7 Å². The van der Waals surface area contributed by atoms with Crippen molar-refractivity contribution in [2.24, 2.45) is 0 Å². The highest BCUT2D eigenvalue weighted by Crippen LogP contribution is 1.99. The minimum absolute atomic E-state index is 0.357. The molecule has 1 N–H and O–H groups in total. The molecule has 1 rings (SSSR count). The highest BCUT2D eigenvalue weighted by Gasteiger charge is 2.14. The maximum Gasteiger partial charge on any atom is 0.0826 e. The predicted octanol–water partition coefficient (Wildman–Crippen LogP) is 0.333. The van der Waals surface area contributed by atoms with Crippen LogP contribution in [0.1, 0.15) is 13.3 Å². The molecule has 1 saturated heterocycles. The number of ether oxygens (including phenoxy) is 2. The zero-order valence-corrected chi connectivity index (χ0v) is 10.00. The average molecular weight is 216 g/mol. The first-order chi connectivity index (χ1) is 7.33. The van der Waals surface area contributed by atoms with Gasteiger partial charge in [-0.15, -0.1) is 0 Å². The number of hydrogen-bond donors (Lipinski definition) is 1. The molecule has 15 heavy (non-hydrogen) atoms. The summed E-state index contributed by atoms with van der Waals surface area (Å²) >= 11 is 0.